The number of aryl methyl sites for hydroxylation is 1. The van der Waals surface area contributed by atoms with Gasteiger partial charge in [0.15, 0.2) is 12.2 Å². The van der Waals surface area contributed by atoms with Crippen LogP contribution in [0.5, 0.6) is 0 Å². The molecule has 23 heavy (non-hydrogen) atoms. The summed E-state index contributed by atoms with van der Waals surface area (Å²) in [6.07, 6.45) is 3.71. The number of rotatable bonds is 2. The van der Waals surface area contributed by atoms with E-state index in [0.29, 0.717) is 5.02 Å². The van der Waals surface area contributed by atoms with Gasteiger partial charge in [0.1, 0.15) is 0 Å². The van der Waals surface area contributed by atoms with E-state index in [-0.39, 0.29) is 23.8 Å². The molecule has 7 heteroatoms. The van der Waals surface area contributed by atoms with Crippen molar-refractivity contribution in [2.24, 2.45) is 16.6 Å². The number of hydrogen-bond acceptors (Lipinski definition) is 3. The highest BCUT2D eigenvalue weighted by Gasteiger charge is 2.37. The van der Waals surface area contributed by atoms with Crippen LogP contribution in [0.4, 0.5) is 5.69 Å². The Hall–Kier alpha value is -1.79. The van der Waals surface area contributed by atoms with Crippen molar-refractivity contribution in [3.05, 3.63) is 28.8 Å². The van der Waals surface area contributed by atoms with Gasteiger partial charge >= 0.3 is 0 Å². The molecule has 2 fully saturated rings. The number of fused-ring (bicyclic) bond motifs is 1. The maximum absolute atomic E-state index is 12.2. The zero-order valence-corrected chi connectivity index (χ0v) is 13.9. The van der Waals surface area contributed by atoms with Gasteiger partial charge in [-0.25, -0.2) is 4.99 Å². The molecular weight excluding hydrogens is 314 g/mol. The first-order valence-corrected chi connectivity index (χ1v) is 8.33. The molecule has 3 unspecified atom stereocenters. The third kappa shape index (κ3) is 3.76. The van der Waals surface area contributed by atoms with E-state index in [1.165, 1.54) is 0 Å². The SMILES string of the molecule is Cc1ccc(N/C(N)=N/C2NC(=O)C3CCCCC3N2)cc1Cl. The van der Waals surface area contributed by atoms with Crippen molar-refractivity contribution >= 4 is 29.2 Å². The van der Waals surface area contributed by atoms with E-state index in [4.69, 9.17) is 17.3 Å². The fraction of sp³-hybridized carbons (Fsp3) is 0.500. The van der Waals surface area contributed by atoms with Gasteiger partial charge in [0.05, 0.1) is 5.92 Å². The van der Waals surface area contributed by atoms with Crippen LogP contribution in [0.25, 0.3) is 0 Å². The molecule has 1 heterocycles. The largest absolute Gasteiger partial charge is 0.370 e. The van der Waals surface area contributed by atoms with Crippen molar-refractivity contribution in [2.75, 3.05) is 5.32 Å². The molecule has 5 N–H and O–H groups in total. The van der Waals surface area contributed by atoms with Gasteiger partial charge in [-0.3, -0.25) is 10.1 Å². The molecule has 6 nitrogen and oxygen atoms in total. The number of aliphatic imine (C=N–C) groups is 1. The summed E-state index contributed by atoms with van der Waals surface area (Å²) in [5.41, 5.74) is 7.70. The summed E-state index contributed by atoms with van der Waals surface area (Å²) >= 11 is 6.09. The normalized spacial score (nSPS) is 28.0. The predicted octanol–water partition coefficient (Wildman–Crippen LogP) is 1.94. The molecule has 1 aromatic rings. The maximum atomic E-state index is 12.2. The first-order valence-electron chi connectivity index (χ1n) is 7.96. The Labute approximate surface area is 140 Å². The first-order chi connectivity index (χ1) is 11.0. The summed E-state index contributed by atoms with van der Waals surface area (Å²) in [7, 11) is 0. The van der Waals surface area contributed by atoms with Crippen LogP contribution in [0, 0.1) is 12.8 Å². The number of hydrogen-bond donors (Lipinski definition) is 4. The minimum absolute atomic E-state index is 0.0558. The lowest BCUT2D eigenvalue weighted by Crippen LogP contribution is -2.61. The third-order valence-electron chi connectivity index (χ3n) is 4.47. The second-order valence-corrected chi connectivity index (χ2v) is 6.59. The number of nitrogens with zero attached hydrogens (tertiary/aromatic N) is 1. The van der Waals surface area contributed by atoms with Crippen LogP contribution >= 0.6 is 11.6 Å². The number of nitrogens with two attached hydrogens (primary N) is 1. The number of anilines is 1. The van der Waals surface area contributed by atoms with Gasteiger partial charge in [0, 0.05) is 16.8 Å². The number of nitrogens with one attached hydrogen (secondary N) is 3. The van der Waals surface area contributed by atoms with Crippen LogP contribution in [0.1, 0.15) is 31.2 Å². The molecule has 1 saturated heterocycles. The van der Waals surface area contributed by atoms with Crippen molar-refractivity contribution in [2.45, 2.75) is 44.9 Å². The molecule has 3 atom stereocenters. The van der Waals surface area contributed by atoms with Gasteiger partial charge in [0.2, 0.25) is 5.91 Å². The number of carbonyl (C=O) groups is 1. The van der Waals surface area contributed by atoms with Crippen LogP contribution in [-0.2, 0) is 4.79 Å². The molecule has 0 aromatic heterocycles. The Bertz CT molecular complexity index is 633. The van der Waals surface area contributed by atoms with E-state index in [0.717, 1.165) is 36.9 Å². The molecule has 0 spiro atoms. The lowest BCUT2D eigenvalue weighted by Gasteiger charge is -2.38. The first kappa shape index (κ1) is 16.1. The molecule has 0 bridgehead atoms. The van der Waals surface area contributed by atoms with Gasteiger partial charge in [0.25, 0.3) is 0 Å². The van der Waals surface area contributed by atoms with Gasteiger partial charge < -0.3 is 16.4 Å². The minimum atomic E-state index is -0.490. The number of guanidine groups is 1. The fourth-order valence-corrected chi connectivity index (χ4v) is 3.37. The lowest BCUT2D eigenvalue weighted by molar-refractivity contribution is -0.130. The molecule has 1 aromatic carbocycles. The van der Waals surface area contributed by atoms with Crippen molar-refractivity contribution in [1.29, 1.82) is 0 Å². The summed E-state index contributed by atoms with van der Waals surface area (Å²) in [6.45, 7) is 1.94. The van der Waals surface area contributed by atoms with Crippen LogP contribution in [0.15, 0.2) is 23.2 Å². The van der Waals surface area contributed by atoms with E-state index >= 15 is 0 Å². The van der Waals surface area contributed by atoms with Crippen molar-refractivity contribution < 1.29 is 4.79 Å². The standard InChI is InChI=1S/C16H22ClN5O/c1-9-6-7-10(8-12(9)17)19-15(18)22-16-20-13-5-3-2-4-11(13)14(23)21-16/h6-8,11,13,16,20H,2-5H2,1H3,(H,21,23)(H3,18,19,22). The van der Waals surface area contributed by atoms with Gasteiger partial charge in [-0.1, -0.05) is 30.5 Å². The smallest absolute Gasteiger partial charge is 0.227 e. The van der Waals surface area contributed by atoms with Crippen LogP contribution in [0.3, 0.4) is 0 Å². The highest BCUT2D eigenvalue weighted by molar-refractivity contribution is 6.31. The third-order valence-corrected chi connectivity index (χ3v) is 4.87. The van der Waals surface area contributed by atoms with Gasteiger partial charge in [-0.05, 0) is 37.5 Å². The highest BCUT2D eigenvalue weighted by Crippen LogP contribution is 2.27. The van der Waals surface area contributed by atoms with E-state index in [2.05, 4.69) is 20.9 Å². The summed E-state index contributed by atoms with van der Waals surface area (Å²) < 4.78 is 0. The fourth-order valence-electron chi connectivity index (χ4n) is 3.19. The summed E-state index contributed by atoms with van der Waals surface area (Å²) in [5.74, 6) is 0.352. The summed E-state index contributed by atoms with van der Waals surface area (Å²) in [5, 5.41) is 9.89. The Morgan fingerprint density at radius 2 is 2.17 bits per heavy atom. The second kappa shape index (κ2) is 6.76. The Morgan fingerprint density at radius 1 is 1.39 bits per heavy atom. The average molecular weight is 336 g/mol. The maximum Gasteiger partial charge on any atom is 0.227 e. The van der Waals surface area contributed by atoms with Crippen molar-refractivity contribution in [3.8, 4) is 0 Å². The second-order valence-electron chi connectivity index (χ2n) is 6.18. The minimum Gasteiger partial charge on any atom is -0.370 e. The number of amides is 1. The van der Waals surface area contributed by atoms with Crippen LogP contribution < -0.4 is 21.7 Å². The highest BCUT2D eigenvalue weighted by atomic mass is 35.5. The van der Waals surface area contributed by atoms with Gasteiger partial charge in [-0.2, -0.15) is 0 Å². The monoisotopic (exact) mass is 335 g/mol. The van der Waals surface area contributed by atoms with E-state index in [9.17, 15) is 4.79 Å². The van der Waals surface area contributed by atoms with Crippen LogP contribution in [0.2, 0.25) is 5.02 Å². The topological polar surface area (TPSA) is 91.5 Å². The van der Waals surface area contributed by atoms with Crippen molar-refractivity contribution in [3.63, 3.8) is 0 Å². The molecule has 1 aliphatic heterocycles. The predicted molar refractivity (Wildman–Crippen MR) is 92.2 cm³/mol. The molecule has 1 aliphatic carbocycles. The zero-order chi connectivity index (χ0) is 16.4. The summed E-state index contributed by atoms with van der Waals surface area (Å²) in [6, 6.07) is 5.77. The Morgan fingerprint density at radius 3 is 2.96 bits per heavy atom. The van der Waals surface area contributed by atoms with Crippen LogP contribution in [-0.4, -0.2) is 24.2 Å². The lowest BCUT2D eigenvalue weighted by atomic mass is 9.83. The molecule has 3 rings (SSSR count). The molecule has 124 valence electrons. The molecule has 0 radical (unpaired) electrons. The number of benzene rings is 1. The van der Waals surface area contributed by atoms with E-state index < -0.39 is 6.29 Å². The zero-order valence-electron chi connectivity index (χ0n) is 13.1. The molecule has 2 aliphatic rings. The number of carbonyl (C=O) groups excluding carboxylic acids is 1. The van der Waals surface area contributed by atoms with Crippen molar-refractivity contribution in [1.82, 2.24) is 10.6 Å². The van der Waals surface area contributed by atoms with Gasteiger partial charge in [-0.15, -0.1) is 0 Å². The Balaban J connectivity index is 1.65. The number of halogens is 1. The molecular formula is C16H22ClN5O. The quantitative estimate of drug-likeness (QED) is 0.491. The molecule has 1 saturated carbocycles. The Kier molecular flexibility index (Phi) is 4.73. The average Bonchev–Trinajstić information content (AvgIpc) is 2.51. The molecule has 1 amide bonds. The van der Waals surface area contributed by atoms with E-state index in [1.54, 1.807) is 6.07 Å². The summed E-state index contributed by atoms with van der Waals surface area (Å²) in [4.78, 5) is 16.5. The van der Waals surface area contributed by atoms with E-state index in [1.807, 2.05) is 19.1 Å².